The first-order valence-electron chi connectivity index (χ1n) is 7.86. The second kappa shape index (κ2) is 7.66. The molecule has 2 rings (SSSR count). The van der Waals surface area contributed by atoms with Gasteiger partial charge in [0.1, 0.15) is 0 Å². The van der Waals surface area contributed by atoms with Crippen molar-refractivity contribution in [1.82, 2.24) is 4.90 Å². The lowest BCUT2D eigenvalue weighted by Crippen LogP contribution is -2.49. The van der Waals surface area contributed by atoms with Crippen molar-refractivity contribution < 1.29 is 9.47 Å². The second-order valence-electron chi connectivity index (χ2n) is 5.87. The first kappa shape index (κ1) is 16.1. The summed E-state index contributed by atoms with van der Waals surface area (Å²) in [6.07, 6.45) is 4.83. The Morgan fingerprint density at radius 3 is 2.67 bits per heavy atom. The van der Waals surface area contributed by atoms with E-state index in [1.165, 1.54) is 24.8 Å². The Morgan fingerprint density at radius 2 is 2.00 bits per heavy atom. The lowest BCUT2D eigenvalue weighted by molar-refractivity contribution is 0.107. The van der Waals surface area contributed by atoms with Crippen molar-refractivity contribution >= 4 is 0 Å². The summed E-state index contributed by atoms with van der Waals surface area (Å²) >= 11 is 0. The molecular weight excluding hydrogens is 264 g/mol. The third kappa shape index (κ3) is 3.89. The Morgan fingerprint density at radius 1 is 1.24 bits per heavy atom. The van der Waals surface area contributed by atoms with Gasteiger partial charge in [-0.1, -0.05) is 12.5 Å². The number of nitrogens with zero attached hydrogens (tertiary/aromatic N) is 1. The largest absolute Gasteiger partial charge is 0.493 e. The summed E-state index contributed by atoms with van der Waals surface area (Å²) in [5.41, 5.74) is 7.21. The molecule has 4 heteroatoms. The minimum Gasteiger partial charge on any atom is -0.493 e. The molecule has 4 nitrogen and oxygen atoms in total. The zero-order chi connectivity index (χ0) is 15.2. The van der Waals surface area contributed by atoms with E-state index in [4.69, 9.17) is 15.2 Å². The van der Waals surface area contributed by atoms with Crippen LogP contribution in [-0.2, 0) is 6.42 Å². The highest BCUT2D eigenvalue weighted by Gasteiger charge is 2.25. The lowest BCUT2D eigenvalue weighted by atomic mass is 9.97. The number of likely N-dealkylation sites (tertiary alicyclic amines) is 1. The minimum atomic E-state index is 0.497. The average molecular weight is 292 g/mol. The van der Waals surface area contributed by atoms with Crippen LogP contribution >= 0.6 is 0 Å². The molecule has 21 heavy (non-hydrogen) atoms. The van der Waals surface area contributed by atoms with Gasteiger partial charge >= 0.3 is 0 Å². The standard InChI is InChI=1S/C17H28N2O2/c1-13(19-9-5-4-6-15(19)12-18)10-14-7-8-16(20-2)17(11-14)21-3/h7-8,11,13,15H,4-6,9-10,12,18H2,1-3H3. The molecule has 2 unspecified atom stereocenters. The molecule has 0 aliphatic carbocycles. The van der Waals surface area contributed by atoms with E-state index in [0.717, 1.165) is 31.0 Å². The van der Waals surface area contributed by atoms with Gasteiger partial charge in [-0.2, -0.15) is 0 Å². The van der Waals surface area contributed by atoms with Crippen molar-refractivity contribution in [3.63, 3.8) is 0 Å². The van der Waals surface area contributed by atoms with E-state index in [9.17, 15) is 0 Å². The molecule has 0 aromatic heterocycles. The highest BCUT2D eigenvalue weighted by atomic mass is 16.5. The molecular formula is C17H28N2O2. The molecule has 0 radical (unpaired) electrons. The van der Waals surface area contributed by atoms with Crippen molar-refractivity contribution in [1.29, 1.82) is 0 Å². The molecule has 0 spiro atoms. The smallest absolute Gasteiger partial charge is 0.160 e. The third-order valence-corrected chi connectivity index (χ3v) is 4.49. The summed E-state index contributed by atoms with van der Waals surface area (Å²) in [4.78, 5) is 2.57. The topological polar surface area (TPSA) is 47.7 Å². The average Bonchev–Trinajstić information content (AvgIpc) is 2.54. The van der Waals surface area contributed by atoms with Gasteiger partial charge in [-0.05, 0) is 50.4 Å². The molecule has 1 aliphatic heterocycles. The zero-order valence-electron chi connectivity index (χ0n) is 13.5. The van der Waals surface area contributed by atoms with Gasteiger partial charge in [0, 0.05) is 18.6 Å². The van der Waals surface area contributed by atoms with Crippen LogP contribution in [0.3, 0.4) is 0 Å². The monoisotopic (exact) mass is 292 g/mol. The summed E-state index contributed by atoms with van der Waals surface area (Å²) in [6, 6.07) is 7.22. The molecule has 2 N–H and O–H groups in total. The first-order chi connectivity index (χ1) is 10.2. The van der Waals surface area contributed by atoms with Crippen molar-refractivity contribution in [2.24, 2.45) is 5.73 Å². The molecule has 0 amide bonds. The zero-order valence-corrected chi connectivity index (χ0v) is 13.5. The van der Waals surface area contributed by atoms with E-state index in [-0.39, 0.29) is 0 Å². The fourth-order valence-corrected chi connectivity index (χ4v) is 3.32. The van der Waals surface area contributed by atoms with Crippen LogP contribution in [0, 0.1) is 0 Å². The van der Waals surface area contributed by atoms with Crippen LogP contribution in [0.5, 0.6) is 11.5 Å². The Bertz CT molecular complexity index is 450. The van der Waals surface area contributed by atoms with E-state index < -0.39 is 0 Å². The summed E-state index contributed by atoms with van der Waals surface area (Å²) in [6.45, 7) is 4.22. The van der Waals surface area contributed by atoms with Crippen LogP contribution in [0.15, 0.2) is 18.2 Å². The Kier molecular flexibility index (Phi) is 5.88. The maximum absolute atomic E-state index is 5.93. The highest BCUT2D eigenvalue weighted by Crippen LogP contribution is 2.29. The predicted octanol–water partition coefficient (Wildman–Crippen LogP) is 2.45. The molecule has 118 valence electrons. The van der Waals surface area contributed by atoms with Crippen LogP contribution < -0.4 is 15.2 Å². The number of ether oxygens (including phenoxy) is 2. The van der Waals surface area contributed by atoms with Crippen LogP contribution in [0.2, 0.25) is 0 Å². The summed E-state index contributed by atoms with van der Waals surface area (Å²) < 4.78 is 10.7. The number of nitrogens with two attached hydrogens (primary N) is 1. The summed E-state index contributed by atoms with van der Waals surface area (Å²) in [5.74, 6) is 1.59. The quantitative estimate of drug-likeness (QED) is 0.875. The van der Waals surface area contributed by atoms with E-state index in [2.05, 4.69) is 24.0 Å². The lowest BCUT2D eigenvalue weighted by Gasteiger charge is -2.39. The van der Waals surface area contributed by atoms with Crippen LogP contribution in [0.4, 0.5) is 0 Å². The van der Waals surface area contributed by atoms with Gasteiger partial charge in [-0.25, -0.2) is 0 Å². The van der Waals surface area contributed by atoms with Gasteiger partial charge < -0.3 is 15.2 Å². The molecule has 0 saturated carbocycles. The predicted molar refractivity (Wildman–Crippen MR) is 86.1 cm³/mol. The van der Waals surface area contributed by atoms with Crippen molar-refractivity contribution in [3.05, 3.63) is 23.8 Å². The van der Waals surface area contributed by atoms with E-state index in [1.807, 2.05) is 6.07 Å². The Hall–Kier alpha value is -1.26. The SMILES string of the molecule is COc1ccc(CC(C)N2CCCCC2CN)cc1OC. The molecule has 1 aromatic carbocycles. The number of piperidine rings is 1. The number of hydrogen-bond acceptors (Lipinski definition) is 4. The molecule has 1 aromatic rings. The van der Waals surface area contributed by atoms with Gasteiger partial charge in [0.25, 0.3) is 0 Å². The van der Waals surface area contributed by atoms with E-state index in [0.29, 0.717) is 12.1 Å². The summed E-state index contributed by atoms with van der Waals surface area (Å²) in [5, 5.41) is 0. The number of methoxy groups -OCH3 is 2. The Balaban J connectivity index is 2.06. The van der Waals surface area contributed by atoms with Crippen molar-refractivity contribution in [2.45, 2.75) is 44.7 Å². The molecule has 2 atom stereocenters. The minimum absolute atomic E-state index is 0.497. The van der Waals surface area contributed by atoms with Gasteiger partial charge in [-0.3, -0.25) is 4.90 Å². The fraction of sp³-hybridized carbons (Fsp3) is 0.647. The maximum atomic E-state index is 5.93. The van der Waals surface area contributed by atoms with Gasteiger partial charge in [0.2, 0.25) is 0 Å². The fourth-order valence-electron chi connectivity index (χ4n) is 3.32. The van der Waals surface area contributed by atoms with Crippen LogP contribution in [0.1, 0.15) is 31.7 Å². The summed E-state index contributed by atoms with van der Waals surface area (Å²) in [7, 11) is 3.35. The normalized spacial score (nSPS) is 21.0. The molecule has 1 fully saturated rings. The van der Waals surface area contributed by atoms with Crippen LogP contribution in [0.25, 0.3) is 0 Å². The first-order valence-corrected chi connectivity index (χ1v) is 7.86. The molecule has 1 heterocycles. The van der Waals surface area contributed by atoms with E-state index >= 15 is 0 Å². The van der Waals surface area contributed by atoms with Crippen molar-refractivity contribution in [3.8, 4) is 11.5 Å². The third-order valence-electron chi connectivity index (χ3n) is 4.49. The van der Waals surface area contributed by atoms with Gasteiger partial charge in [-0.15, -0.1) is 0 Å². The van der Waals surface area contributed by atoms with Gasteiger partial charge in [0.05, 0.1) is 14.2 Å². The van der Waals surface area contributed by atoms with Crippen LogP contribution in [-0.4, -0.2) is 44.3 Å². The number of rotatable bonds is 6. The molecule has 1 saturated heterocycles. The number of benzene rings is 1. The van der Waals surface area contributed by atoms with Gasteiger partial charge in [0.15, 0.2) is 11.5 Å². The Labute approximate surface area is 128 Å². The number of hydrogen-bond donors (Lipinski definition) is 1. The molecule has 1 aliphatic rings. The second-order valence-corrected chi connectivity index (χ2v) is 5.87. The maximum Gasteiger partial charge on any atom is 0.160 e. The molecule has 0 bridgehead atoms. The van der Waals surface area contributed by atoms with E-state index in [1.54, 1.807) is 14.2 Å². The van der Waals surface area contributed by atoms with Crippen molar-refractivity contribution in [2.75, 3.05) is 27.3 Å². The highest BCUT2D eigenvalue weighted by molar-refractivity contribution is 5.43.